The third kappa shape index (κ3) is 7.37. The van der Waals surface area contributed by atoms with E-state index in [2.05, 4.69) is 5.32 Å². The van der Waals surface area contributed by atoms with Crippen molar-refractivity contribution in [1.29, 1.82) is 0 Å². The second kappa shape index (κ2) is 12.0. The maximum atomic E-state index is 13.8. The molecule has 0 aromatic heterocycles. The molecular formula is C29H33ClFNO4. The molecule has 0 aliphatic heterocycles. The van der Waals surface area contributed by atoms with Crippen LogP contribution in [0.5, 0.6) is 0 Å². The molecule has 3 N–H and O–H groups in total. The number of aliphatic hydroxyl groups is 1. The quantitative estimate of drug-likeness (QED) is 0.284. The van der Waals surface area contributed by atoms with Crippen LogP contribution in [0.2, 0.25) is 5.02 Å². The van der Waals surface area contributed by atoms with Crippen molar-refractivity contribution in [1.82, 2.24) is 5.32 Å². The Hall–Kier alpha value is -2.77. The standard InChI is InChI=1S/C29H33ClFNO4/c1-18-13-21(10-11-23(18)28(34)35)25-8-6-5-7-24(25)19(2)36-17-22(33)16-32-29(3,4)15-20-9-12-26(30)27(31)14-20/h5-14,19,22,32-33H,15-17H2,1-4H3,(H,34,35)/t19-,22-/m1/s1. The van der Waals surface area contributed by atoms with Crippen molar-refractivity contribution in [3.8, 4) is 11.1 Å². The Morgan fingerprint density at radius 1 is 1.14 bits per heavy atom. The zero-order valence-corrected chi connectivity index (χ0v) is 21.8. The number of carbonyl (C=O) groups is 1. The Kier molecular flexibility index (Phi) is 9.25. The normalized spacial score (nSPS) is 13.4. The second-order valence-electron chi connectivity index (χ2n) is 9.74. The number of hydrogen-bond acceptors (Lipinski definition) is 4. The number of β-amino-alcohol motifs (C(OH)–C–C–N with tert-alkyl or cyclic N) is 1. The number of aryl methyl sites for hydroxylation is 1. The average Bonchev–Trinajstić information content (AvgIpc) is 2.83. The highest BCUT2D eigenvalue weighted by Gasteiger charge is 2.21. The van der Waals surface area contributed by atoms with Crippen LogP contribution >= 0.6 is 11.6 Å². The van der Waals surface area contributed by atoms with Crippen LogP contribution in [-0.4, -0.2) is 41.0 Å². The predicted molar refractivity (Wildman–Crippen MR) is 141 cm³/mol. The minimum absolute atomic E-state index is 0.0974. The average molecular weight is 514 g/mol. The lowest BCUT2D eigenvalue weighted by Crippen LogP contribution is -2.46. The molecule has 5 nitrogen and oxygen atoms in total. The molecule has 0 radical (unpaired) electrons. The van der Waals surface area contributed by atoms with Gasteiger partial charge in [-0.3, -0.25) is 0 Å². The molecule has 0 bridgehead atoms. The molecular weight excluding hydrogens is 481 g/mol. The highest BCUT2D eigenvalue weighted by molar-refractivity contribution is 6.30. The van der Waals surface area contributed by atoms with E-state index in [1.807, 2.05) is 51.1 Å². The fourth-order valence-electron chi connectivity index (χ4n) is 4.21. The lowest BCUT2D eigenvalue weighted by atomic mass is 9.94. The van der Waals surface area contributed by atoms with Crippen LogP contribution in [0.1, 0.15) is 53.9 Å². The van der Waals surface area contributed by atoms with Crippen molar-refractivity contribution in [3.63, 3.8) is 0 Å². The van der Waals surface area contributed by atoms with E-state index >= 15 is 0 Å². The molecule has 0 spiro atoms. The molecule has 0 heterocycles. The highest BCUT2D eigenvalue weighted by Crippen LogP contribution is 2.31. The zero-order chi connectivity index (χ0) is 26.5. The summed E-state index contributed by atoms with van der Waals surface area (Å²) in [6.07, 6.45) is -0.461. The number of halogens is 2. The molecule has 0 unspecified atom stereocenters. The van der Waals surface area contributed by atoms with E-state index in [9.17, 15) is 19.4 Å². The zero-order valence-electron chi connectivity index (χ0n) is 21.0. The Balaban J connectivity index is 1.59. The highest BCUT2D eigenvalue weighted by atomic mass is 35.5. The number of carboxylic acids is 1. The number of hydrogen-bond donors (Lipinski definition) is 3. The number of rotatable bonds is 11. The Morgan fingerprint density at radius 3 is 2.53 bits per heavy atom. The van der Waals surface area contributed by atoms with Gasteiger partial charge in [-0.2, -0.15) is 0 Å². The number of benzene rings is 3. The number of carboxylic acid groups (broad SMARTS) is 1. The van der Waals surface area contributed by atoms with Crippen LogP contribution in [-0.2, 0) is 11.2 Å². The summed E-state index contributed by atoms with van der Waals surface area (Å²) in [6.45, 7) is 8.13. The Labute approximate surface area is 216 Å². The molecule has 0 amide bonds. The van der Waals surface area contributed by atoms with Gasteiger partial charge in [0.15, 0.2) is 0 Å². The third-order valence-electron chi connectivity index (χ3n) is 6.15. The van der Waals surface area contributed by atoms with E-state index in [-0.39, 0.29) is 28.8 Å². The van der Waals surface area contributed by atoms with E-state index in [1.165, 1.54) is 6.07 Å². The van der Waals surface area contributed by atoms with Crippen molar-refractivity contribution in [3.05, 3.63) is 93.8 Å². The summed E-state index contributed by atoms with van der Waals surface area (Å²) in [5.74, 6) is -1.39. The summed E-state index contributed by atoms with van der Waals surface area (Å²) in [4.78, 5) is 11.4. The van der Waals surface area contributed by atoms with Crippen LogP contribution in [0.3, 0.4) is 0 Å². The number of aliphatic hydroxyl groups excluding tert-OH is 1. The minimum Gasteiger partial charge on any atom is -0.478 e. The molecule has 0 aliphatic rings. The first-order valence-corrected chi connectivity index (χ1v) is 12.3. The Morgan fingerprint density at radius 2 is 1.86 bits per heavy atom. The van der Waals surface area contributed by atoms with Gasteiger partial charge in [-0.1, -0.05) is 54.1 Å². The van der Waals surface area contributed by atoms with Crippen LogP contribution in [0, 0.1) is 12.7 Å². The molecule has 2 atom stereocenters. The molecule has 0 aliphatic carbocycles. The minimum atomic E-state index is -0.949. The third-order valence-corrected chi connectivity index (χ3v) is 6.46. The lowest BCUT2D eigenvalue weighted by Gasteiger charge is -2.28. The van der Waals surface area contributed by atoms with Crippen LogP contribution < -0.4 is 5.32 Å². The molecule has 3 aromatic carbocycles. The molecule has 0 saturated carbocycles. The van der Waals surface area contributed by atoms with Gasteiger partial charge in [0, 0.05) is 12.1 Å². The molecule has 0 saturated heterocycles. The first kappa shape index (κ1) is 27.8. The summed E-state index contributed by atoms with van der Waals surface area (Å²) < 4.78 is 19.8. The van der Waals surface area contributed by atoms with E-state index < -0.39 is 17.9 Å². The fourth-order valence-corrected chi connectivity index (χ4v) is 4.32. The van der Waals surface area contributed by atoms with Crippen molar-refractivity contribution >= 4 is 17.6 Å². The predicted octanol–water partition coefficient (Wildman–Crippen LogP) is 6.20. The smallest absolute Gasteiger partial charge is 0.335 e. The monoisotopic (exact) mass is 513 g/mol. The van der Waals surface area contributed by atoms with Gasteiger partial charge >= 0.3 is 5.97 Å². The van der Waals surface area contributed by atoms with Gasteiger partial charge in [0.25, 0.3) is 0 Å². The van der Waals surface area contributed by atoms with Crippen LogP contribution in [0.25, 0.3) is 11.1 Å². The summed E-state index contributed by atoms with van der Waals surface area (Å²) in [5, 5.41) is 23.3. The van der Waals surface area contributed by atoms with Gasteiger partial charge in [-0.25, -0.2) is 9.18 Å². The van der Waals surface area contributed by atoms with Gasteiger partial charge in [0.05, 0.1) is 29.4 Å². The van der Waals surface area contributed by atoms with Crippen molar-refractivity contribution in [2.75, 3.05) is 13.2 Å². The summed E-state index contributed by atoms with van der Waals surface area (Å²) in [7, 11) is 0. The molecule has 0 fully saturated rings. The van der Waals surface area contributed by atoms with E-state index in [1.54, 1.807) is 31.2 Å². The first-order valence-electron chi connectivity index (χ1n) is 11.9. The molecule has 192 valence electrons. The molecule has 36 heavy (non-hydrogen) atoms. The number of nitrogens with one attached hydrogen (secondary N) is 1. The van der Waals surface area contributed by atoms with Gasteiger partial charge in [0.2, 0.25) is 0 Å². The lowest BCUT2D eigenvalue weighted by molar-refractivity contribution is -0.00397. The van der Waals surface area contributed by atoms with Crippen molar-refractivity contribution < 1.29 is 24.1 Å². The van der Waals surface area contributed by atoms with Gasteiger partial charge in [-0.15, -0.1) is 0 Å². The van der Waals surface area contributed by atoms with E-state index in [4.69, 9.17) is 16.3 Å². The fraction of sp³-hybridized carbons (Fsp3) is 0.345. The summed E-state index contributed by atoms with van der Waals surface area (Å²) in [6, 6.07) is 17.9. The maximum absolute atomic E-state index is 13.8. The summed E-state index contributed by atoms with van der Waals surface area (Å²) in [5.41, 5.74) is 4.22. The van der Waals surface area contributed by atoms with Crippen molar-refractivity contribution in [2.45, 2.75) is 51.9 Å². The largest absolute Gasteiger partial charge is 0.478 e. The molecule has 3 rings (SSSR count). The van der Waals surface area contributed by atoms with Crippen LogP contribution in [0.15, 0.2) is 60.7 Å². The van der Waals surface area contributed by atoms with E-state index in [0.29, 0.717) is 18.5 Å². The topological polar surface area (TPSA) is 78.8 Å². The second-order valence-corrected chi connectivity index (χ2v) is 10.1. The van der Waals surface area contributed by atoms with Gasteiger partial charge in [-0.05, 0) is 80.1 Å². The molecule has 7 heteroatoms. The van der Waals surface area contributed by atoms with Crippen molar-refractivity contribution in [2.24, 2.45) is 0 Å². The van der Waals surface area contributed by atoms with E-state index in [0.717, 1.165) is 22.3 Å². The molecule has 3 aromatic rings. The number of aromatic carboxylic acids is 1. The number of ether oxygens (including phenoxy) is 1. The summed E-state index contributed by atoms with van der Waals surface area (Å²) >= 11 is 5.77. The first-order chi connectivity index (χ1) is 17.0. The Bertz CT molecular complexity index is 1210. The maximum Gasteiger partial charge on any atom is 0.335 e. The van der Waals surface area contributed by atoms with Gasteiger partial charge in [0.1, 0.15) is 5.82 Å². The van der Waals surface area contributed by atoms with Crippen LogP contribution in [0.4, 0.5) is 4.39 Å². The SMILES string of the molecule is Cc1cc(-c2ccccc2[C@@H](C)OC[C@H](O)CNC(C)(C)Cc2ccc(Cl)c(F)c2)ccc1C(=O)O. The van der Waals surface area contributed by atoms with Gasteiger partial charge < -0.3 is 20.3 Å².